The zero-order valence-electron chi connectivity index (χ0n) is 9.51. The number of piperidine rings is 1. The molecule has 0 radical (unpaired) electrons. The molecule has 1 aromatic rings. The minimum atomic E-state index is 0.0372. The first-order valence-corrected chi connectivity index (χ1v) is 6.37. The molecule has 15 heavy (non-hydrogen) atoms. The van der Waals surface area contributed by atoms with Gasteiger partial charge < -0.3 is 10.1 Å². The number of ether oxygens (including phenoxy) is 1. The molecule has 1 atom stereocenters. The van der Waals surface area contributed by atoms with Crippen LogP contribution in [0.25, 0.3) is 0 Å². The monoisotopic (exact) mass is 225 g/mol. The lowest BCUT2D eigenvalue weighted by Crippen LogP contribution is -2.48. The fourth-order valence-electron chi connectivity index (χ4n) is 2.24. The molecule has 0 bridgehead atoms. The number of thiophene rings is 1. The van der Waals surface area contributed by atoms with Gasteiger partial charge >= 0.3 is 0 Å². The molecule has 1 unspecified atom stereocenters. The van der Waals surface area contributed by atoms with E-state index in [1.807, 2.05) is 18.4 Å². The van der Waals surface area contributed by atoms with E-state index < -0.39 is 0 Å². The zero-order chi connectivity index (χ0) is 10.7. The smallest absolute Gasteiger partial charge is 0.0850 e. The Morgan fingerprint density at radius 1 is 1.53 bits per heavy atom. The van der Waals surface area contributed by atoms with E-state index in [1.165, 1.54) is 22.6 Å². The van der Waals surface area contributed by atoms with Crippen LogP contribution >= 0.6 is 11.3 Å². The van der Waals surface area contributed by atoms with E-state index in [2.05, 4.69) is 24.4 Å². The molecular weight excluding hydrogens is 206 g/mol. The van der Waals surface area contributed by atoms with Crippen LogP contribution in [-0.2, 0) is 11.2 Å². The third-order valence-corrected chi connectivity index (χ3v) is 4.16. The van der Waals surface area contributed by atoms with Crippen molar-refractivity contribution in [1.29, 1.82) is 0 Å². The van der Waals surface area contributed by atoms with Gasteiger partial charge in [0, 0.05) is 29.8 Å². The molecule has 1 aromatic heterocycles. The van der Waals surface area contributed by atoms with Gasteiger partial charge in [0.15, 0.2) is 0 Å². The third-order valence-electron chi connectivity index (χ3n) is 3.16. The third kappa shape index (κ3) is 2.60. The van der Waals surface area contributed by atoms with Crippen LogP contribution in [-0.4, -0.2) is 25.8 Å². The largest absolute Gasteiger partial charge is 0.377 e. The van der Waals surface area contributed by atoms with Gasteiger partial charge in [-0.3, -0.25) is 0 Å². The van der Waals surface area contributed by atoms with E-state index in [0.717, 1.165) is 19.5 Å². The van der Waals surface area contributed by atoms with E-state index in [0.29, 0.717) is 0 Å². The number of hydrogen-bond donors (Lipinski definition) is 1. The van der Waals surface area contributed by atoms with Gasteiger partial charge in [-0.15, -0.1) is 11.3 Å². The molecule has 0 aromatic carbocycles. The highest BCUT2D eigenvalue weighted by Gasteiger charge is 2.32. The van der Waals surface area contributed by atoms with Gasteiger partial charge in [0.1, 0.15) is 0 Å². The van der Waals surface area contributed by atoms with Gasteiger partial charge in [-0.25, -0.2) is 0 Å². The summed E-state index contributed by atoms with van der Waals surface area (Å²) in [6.45, 7) is 4.28. The lowest BCUT2D eigenvalue weighted by atomic mass is 9.90. The summed E-state index contributed by atoms with van der Waals surface area (Å²) in [5, 5.41) is 3.43. The predicted molar refractivity (Wildman–Crippen MR) is 64.6 cm³/mol. The van der Waals surface area contributed by atoms with Crippen LogP contribution in [0.5, 0.6) is 0 Å². The molecule has 1 fully saturated rings. The number of nitrogens with one attached hydrogen (secondary N) is 1. The van der Waals surface area contributed by atoms with Crippen LogP contribution in [0.3, 0.4) is 0 Å². The number of aryl methyl sites for hydroxylation is 1. The topological polar surface area (TPSA) is 21.3 Å². The van der Waals surface area contributed by atoms with Crippen LogP contribution in [0, 0.1) is 6.92 Å². The molecule has 1 aliphatic heterocycles. The standard InChI is InChI=1S/C12H19NOS/c1-10-4-5-11(15-10)8-12(14-2)6-3-7-13-9-12/h4-5,13H,3,6-9H2,1-2H3. The second-order valence-electron chi connectivity index (χ2n) is 4.36. The molecule has 1 N–H and O–H groups in total. The second-order valence-corrected chi connectivity index (χ2v) is 5.73. The summed E-state index contributed by atoms with van der Waals surface area (Å²) in [5.74, 6) is 0. The lowest BCUT2D eigenvalue weighted by Gasteiger charge is -2.36. The van der Waals surface area contributed by atoms with Crippen LogP contribution in [0.2, 0.25) is 0 Å². The first kappa shape index (κ1) is 11.1. The summed E-state index contributed by atoms with van der Waals surface area (Å²) < 4.78 is 5.74. The van der Waals surface area contributed by atoms with Crippen LogP contribution in [0.1, 0.15) is 22.6 Å². The molecule has 1 aliphatic rings. The molecule has 0 saturated carbocycles. The molecule has 84 valence electrons. The number of rotatable bonds is 3. The van der Waals surface area contributed by atoms with Gasteiger partial charge in [0.05, 0.1) is 5.60 Å². The Labute approximate surface area is 95.6 Å². The van der Waals surface area contributed by atoms with Gasteiger partial charge in [-0.2, -0.15) is 0 Å². The van der Waals surface area contributed by atoms with Crippen molar-refractivity contribution in [3.05, 3.63) is 21.9 Å². The summed E-state index contributed by atoms with van der Waals surface area (Å²) in [5.41, 5.74) is 0.0372. The average Bonchev–Trinajstić information content (AvgIpc) is 2.65. The van der Waals surface area contributed by atoms with Crippen LogP contribution in [0.4, 0.5) is 0 Å². The Morgan fingerprint density at radius 3 is 2.93 bits per heavy atom. The first-order chi connectivity index (χ1) is 7.24. The van der Waals surface area contributed by atoms with Crippen LogP contribution in [0.15, 0.2) is 12.1 Å². The van der Waals surface area contributed by atoms with Gasteiger partial charge in [0.25, 0.3) is 0 Å². The van der Waals surface area contributed by atoms with Crippen molar-refractivity contribution in [2.75, 3.05) is 20.2 Å². The highest BCUT2D eigenvalue weighted by Crippen LogP contribution is 2.28. The van der Waals surface area contributed by atoms with Crippen molar-refractivity contribution >= 4 is 11.3 Å². The summed E-state index contributed by atoms with van der Waals surface area (Å²) in [7, 11) is 1.84. The Balaban J connectivity index is 2.06. The van der Waals surface area contributed by atoms with Crippen molar-refractivity contribution in [3.63, 3.8) is 0 Å². The van der Waals surface area contributed by atoms with E-state index in [4.69, 9.17) is 4.74 Å². The van der Waals surface area contributed by atoms with Crippen molar-refractivity contribution in [1.82, 2.24) is 5.32 Å². The molecule has 0 amide bonds. The first-order valence-electron chi connectivity index (χ1n) is 5.55. The van der Waals surface area contributed by atoms with Crippen molar-refractivity contribution in [3.8, 4) is 0 Å². The summed E-state index contributed by atoms with van der Waals surface area (Å²) in [6.07, 6.45) is 3.45. The second kappa shape index (κ2) is 4.64. The van der Waals surface area contributed by atoms with E-state index >= 15 is 0 Å². The minimum absolute atomic E-state index is 0.0372. The predicted octanol–water partition coefficient (Wildman–Crippen LogP) is 2.37. The van der Waals surface area contributed by atoms with Crippen molar-refractivity contribution in [2.24, 2.45) is 0 Å². The lowest BCUT2D eigenvalue weighted by molar-refractivity contribution is -0.0272. The van der Waals surface area contributed by atoms with Gasteiger partial charge in [0.2, 0.25) is 0 Å². The summed E-state index contributed by atoms with van der Waals surface area (Å²) >= 11 is 1.89. The summed E-state index contributed by atoms with van der Waals surface area (Å²) in [6, 6.07) is 4.43. The maximum Gasteiger partial charge on any atom is 0.0850 e. The maximum atomic E-state index is 5.74. The molecule has 1 saturated heterocycles. The average molecular weight is 225 g/mol. The van der Waals surface area contributed by atoms with Gasteiger partial charge in [-0.05, 0) is 38.4 Å². The molecule has 3 heteroatoms. The zero-order valence-corrected chi connectivity index (χ0v) is 10.3. The molecule has 2 heterocycles. The molecule has 0 aliphatic carbocycles. The van der Waals surface area contributed by atoms with Gasteiger partial charge in [-0.1, -0.05) is 0 Å². The Kier molecular flexibility index (Phi) is 3.44. The molecule has 2 rings (SSSR count). The van der Waals surface area contributed by atoms with E-state index in [1.54, 1.807) is 0 Å². The Hall–Kier alpha value is -0.380. The quantitative estimate of drug-likeness (QED) is 0.852. The highest BCUT2D eigenvalue weighted by molar-refractivity contribution is 7.11. The van der Waals surface area contributed by atoms with Crippen molar-refractivity contribution < 1.29 is 4.74 Å². The minimum Gasteiger partial charge on any atom is -0.377 e. The van der Waals surface area contributed by atoms with Crippen LogP contribution < -0.4 is 5.32 Å². The SMILES string of the molecule is COC1(Cc2ccc(C)s2)CCCNC1. The summed E-state index contributed by atoms with van der Waals surface area (Å²) in [4.78, 5) is 2.83. The van der Waals surface area contributed by atoms with Crippen molar-refractivity contribution in [2.45, 2.75) is 31.8 Å². The van der Waals surface area contributed by atoms with E-state index in [-0.39, 0.29) is 5.60 Å². The molecule has 0 spiro atoms. The molecular formula is C12H19NOS. The molecule has 2 nitrogen and oxygen atoms in total. The Bertz CT molecular complexity index is 315. The van der Waals surface area contributed by atoms with E-state index in [9.17, 15) is 0 Å². The fourth-order valence-corrected chi connectivity index (χ4v) is 3.26. The number of methoxy groups -OCH3 is 1. The number of hydrogen-bond acceptors (Lipinski definition) is 3. The highest BCUT2D eigenvalue weighted by atomic mass is 32.1. The Morgan fingerprint density at radius 2 is 2.40 bits per heavy atom. The maximum absolute atomic E-state index is 5.74. The normalized spacial score (nSPS) is 26.8. The fraction of sp³-hybridized carbons (Fsp3) is 0.667.